The summed E-state index contributed by atoms with van der Waals surface area (Å²) < 4.78 is 1.51. The number of aryl methyl sites for hydroxylation is 1. The summed E-state index contributed by atoms with van der Waals surface area (Å²) >= 11 is 12.1. The Balaban J connectivity index is 1.88. The quantitative estimate of drug-likeness (QED) is 0.672. The third kappa shape index (κ3) is 4.13. The lowest BCUT2D eigenvalue weighted by Crippen LogP contribution is -2.34. The summed E-state index contributed by atoms with van der Waals surface area (Å²) in [5.74, 6) is -1.76. The molecule has 0 saturated heterocycles. The number of aliphatic carboxylic acids is 1. The first-order chi connectivity index (χ1) is 12.9. The van der Waals surface area contributed by atoms with Gasteiger partial charge in [0.15, 0.2) is 11.7 Å². The molecule has 3 aromatic rings. The number of halogens is 2. The second-order valence-corrected chi connectivity index (χ2v) is 6.68. The second kappa shape index (κ2) is 7.82. The van der Waals surface area contributed by atoms with Gasteiger partial charge in [-0.3, -0.25) is 4.79 Å². The van der Waals surface area contributed by atoms with E-state index in [1.807, 2.05) is 0 Å². The fourth-order valence-electron chi connectivity index (χ4n) is 2.62. The van der Waals surface area contributed by atoms with E-state index < -0.39 is 17.9 Å². The highest BCUT2D eigenvalue weighted by Crippen LogP contribution is 2.25. The van der Waals surface area contributed by atoms with Crippen molar-refractivity contribution >= 4 is 35.1 Å². The standard InChI is InChI=1S/C19H15Cl2N3O3/c1-11-9-15(23-24(11)16-8-7-13(20)10-14(16)21)18(25)22-17(19(26)27)12-5-3-2-4-6-12/h2-10,17H,1H3,(H,22,25)(H,26,27). The molecule has 3 rings (SSSR count). The molecule has 2 aromatic carbocycles. The highest BCUT2D eigenvalue weighted by Gasteiger charge is 2.24. The molecule has 27 heavy (non-hydrogen) atoms. The molecule has 1 atom stereocenters. The van der Waals surface area contributed by atoms with Crippen LogP contribution >= 0.6 is 23.2 Å². The van der Waals surface area contributed by atoms with Crippen molar-refractivity contribution in [2.24, 2.45) is 0 Å². The topological polar surface area (TPSA) is 84.2 Å². The van der Waals surface area contributed by atoms with E-state index >= 15 is 0 Å². The lowest BCUT2D eigenvalue weighted by atomic mass is 10.1. The summed E-state index contributed by atoms with van der Waals surface area (Å²) in [5.41, 5.74) is 1.78. The number of aromatic nitrogens is 2. The van der Waals surface area contributed by atoms with Crippen LogP contribution in [0.2, 0.25) is 10.0 Å². The van der Waals surface area contributed by atoms with Crippen LogP contribution in [0.5, 0.6) is 0 Å². The zero-order chi connectivity index (χ0) is 19.6. The van der Waals surface area contributed by atoms with Crippen LogP contribution in [0.3, 0.4) is 0 Å². The Bertz CT molecular complexity index is 1000. The van der Waals surface area contributed by atoms with Crippen molar-refractivity contribution in [3.05, 3.63) is 81.6 Å². The molecule has 0 saturated carbocycles. The van der Waals surface area contributed by atoms with Gasteiger partial charge >= 0.3 is 5.97 Å². The van der Waals surface area contributed by atoms with Crippen LogP contribution in [0.1, 0.15) is 27.8 Å². The third-order valence-electron chi connectivity index (χ3n) is 3.91. The van der Waals surface area contributed by atoms with Crippen molar-refractivity contribution in [3.63, 3.8) is 0 Å². The molecule has 6 nitrogen and oxygen atoms in total. The Labute approximate surface area is 165 Å². The van der Waals surface area contributed by atoms with E-state index in [0.29, 0.717) is 27.0 Å². The first-order valence-corrected chi connectivity index (χ1v) is 8.73. The predicted molar refractivity (Wildman–Crippen MR) is 103 cm³/mol. The predicted octanol–water partition coefficient (Wildman–Crippen LogP) is 4.04. The molecule has 0 aliphatic rings. The van der Waals surface area contributed by atoms with Crippen molar-refractivity contribution in [1.29, 1.82) is 0 Å². The number of amides is 1. The number of carbonyl (C=O) groups is 2. The van der Waals surface area contributed by atoms with Crippen LogP contribution in [0, 0.1) is 6.92 Å². The number of rotatable bonds is 5. The molecule has 1 aromatic heterocycles. The molecule has 8 heteroatoms. The number of carbonyl (C=O) groups excluding carboxylic acids is 1. The fraction of sp³-hybridized carbons (Fsp3) is 0.105. The number of carboxylic acid groups (broad SMARTS) is 1. The van der Waals surface area contributed by atoms with Crippen molar-refractivity contribution in [2.45, 2.75) is 13.0 Å². The molecular formula is C19H15Cl2N3O3. The van der Waals surface area contributed by atoms with Crippen LogP contribution in [0.25, 0.3) is 5.69 Å². The second-order valence-electron chi connectivity index (χ2n) is 5.83. The number of hydrogen-bond acceptors (Lipinski definition) is 3. The van der Waals surface area contributed by atoms with Gasteiger partial charge in [-0.05, 0) is 36.8 Å². The molecule has 2 N–H and O–H groups in total. The number of benzene rings is 2. The lowest BCUT2D eigenvalue weighted by Gasteiger charge is -2.14. The zero-order valence-corrected chi connectivity index (χ0v) is 15.7. The molecule has 1 amide bonds. The average Bonchev–Trinajstić information content (AvgIpc) is 3.01. The highest BCUT2D eigenvalue weighted by molar-refractivity contribution is 6.35. The maximum absolute atomic E-state index is 12.6. The number of hydrogen-bond donors (Lipinski definition) is 2. The minimum absolute atomic E-state index is 0.0840. The molecule has 0 spiro atoms. The zero-order valence-electron chi connectivity index (χ0n) is 14.2. The molecule has 0 radical (unpaired) electrons. The summed E-state index contributed by atoms with van der Waals surface area (Å²) in [7, 11) is 0. The van der Waals surface area contributed by atoms with Crippen molar-refractivity contribution in [2.75, 3.05) is 0 Å². The van der Waals surface area contributed by atoms with Gasteiger partial charge in [0.1, 0.15) is 0 Å². The molecule has 0 fully saturated rings. The normalized spacial score (nSPS) is 11.8. The van der Waals surface area contributed by atoms with Crippen molar-refractivity contribution in [1.82, 2.24) is 15.1 Å². The minimum Gasteiger partial charge on any atom is -0.479 e. The van der Waals surface area contributed by atoms with Crippen molar-refractivity contribution < 1.29 is 14.7 Å². The number of carboxylic acids is 1. The molecule has 0 aliphatic carbocycles. The van der Waals surface area contributed by atoms with Gasteiger partial charge in [0.05, 0.1) is 10.7 Å². The van der Waals surface area contributed by atoms with E-state index in [1.165, 1.54) is 4.68 Å². The summed E-state index contributed by atoms with van der Waals surface area (Å²) in [4.78, 5) is 24.1. The maximum Gasteiger partial charge on any atom is 0.330 e. The van der Waals surface area contributed by atoms with Gasteiger partial charge in [-0.15, -0.1) is 0 Å². The van der Waals surface area contributed by atoms with Crippen LogP contribution in [-0.4, -0.2) is 26.8 Å². The van der Waals surface area contributed by atoms with Gasteiger partial charge < -0.3 is 10.4 Å². The van der Waals surface area contributed by atoms with Gasteiger partial charge in [0.2, 0.25) is 0 Å². The third-order valence-corrected chi connectivity index (χ3v) is 4.45. The van der Waals surface area contributed by atoms with Crippen LogP contribution in [-0.2, 0) is 4.79 Å². The summed E-state index contributed by atoms with van der Waals surface area (Å²) in [5, 5.41) is 17.1. The van der Waals surface area contributed by atoms with E-state index in [1.54, 1.807) is 61.5 Å². The molecule has 1 heterocycles. The Morgan fingerprint density at radius 3 is 2.44 bits per heavy atom. The van der Waals surface area contributed by atoms with Crippen LogP contribution < -0.4 is 5.32 Å². The molecule has 138 valence electrons. The van der Waals surface area contributed by atoms with E-state index in [-0.39, 0.29) is 5.69 Å². The summed E-state index contributed by atoms with van der Waals surface area (Å²) in [6, 6.07) is 13.8. The minimum atomic E-state index is -1.18. The molecule has 1 unspecified atom stereocenters. The smallest absolute Gasteiger partial charge is 0.330 e. The number of nitrogens with zero attached hydrogens (tertiary/aromatic N) is 2. The van der Waals surface area contributed by atoms with Gasteiger partial charge in [-0.1, -0.05) is 53.5 Å². The summed E-state index contributed by atoms with van der Waals surface area (Å²) in [6.07, 6.45) is 0. The van der Waals surface area contributed by atoms with E-state index in [9.17, 15) is 14.7 Å². The molecular weight excluding hydrogens is 389 g/mol. The Hall–Kier alpha value is -2.83. The van der Waals surface area contributed by atoms with E-state index in [4.69, 9.17) is 23.2 Å². The highest BCUT2D eigenvalue weighted by atomic mass is 35.5. The maximum atomic E-state index is 12.6. The van der Waals surface area contributed by atoms with Crippen LogP contribution in [0.4, 0.5) is 0 Å². The first kappa shape index (κ1) is 18.9. The van der Waals surface area contributed by atoms with Gasteiger partial charge in [0.25, 0.3) is 5.91 Å². The largest absolute Gasteiger partial charge is 0.479 e. The Morgan fingerprint density at radius 1 is 1.11 bits per heavy atom. The van der Waals surface area contributed by atoms with E-state index in [0.717, 1.165) is 0 Å². The monoisotopic (exact) mass is 403 g/mol. The average molecular weight is 404 g/mol. The van der Waals surface area contributed by atoms with Gasteiger partial charge in [-0.25, -0.2) is 9.48 Å². The van der Waals surface area contributed by atoms with Crippen molar-refractivity contribution in [3.8, 4) is 5.69 Å². The van der Waals surface area contributed by atoms with Gasteiger partial charge in [0, 0.05) is 10.7 Å². The first-order valence-electron chi connectivity index (χ1n) is 7.97. The summed E-state index contributed by atoms with van der Waals surface area (Å²) in [6.45, 7) is 1.76. The Kier molecular flexibility index (Phi) is 5.48. The fourth-order valence-corrected chi connectivity index (χ4v) is 3.11. The lowest BCUT2D eigenvalue weighted by molar-refractivity contribution is -0.139. The molecule has 0 bridgehead atoms. The Morgan fingerprint density at radius 2 is 1.81 bits per heavy atom. The molecule has 0 aliphatic heterocycles. The van der Waals surface area contributed by atoms with Crippen LogP contribution in [0.15, 0.2) is 54.6 Å². The SMILES string of the molecule is Cc1cc(C(=O)NC(C(=O)O)c2ccccc2)nn1-c1ccc(Cl)cc1Cl. The number of nitrogens with one attached hydrogen (secondary N) is 1. The van der Waals surface area contributed by atoms with E-state index in [2.05, 4.69) is 10.4 Å². The van der Waals surface area contributed by atoms with Gasteiger partial charge in [-0.2, -0.15) is 5.10 Å².